The number of fused-ring (bicyclic) bond motifs is 6. The maximum atomic E-state index is 11.4. The van der Waals surface area contributed by atoms with Gasteiger partial charge in [-0.3, -0.25) is 9.59 Å². The fourth-order valence-electron chi connectivity index (χ4n) is 6.42. The number of carbonyl (C=O) groups excluding carboxylic acids is 3. The van der Waals surface area contributed by atoms with E-state index in [0.717, 1.165) is 45.4 Å². The monoisotopic (exact) mass is 516 g/mol. The van der Waals surface area contributed by atoms with Gasteiger partial charge in [-0.1, -0.05) is 36.5 Å². The van der Waals surface area contributed by atoms with Crippen molar-refractivity contribution in [3.05, 3.63) is 36.5 Å². The maximum Gasteiger partial charge on any atom is 0.309 e. The second-order valence-corrected chi connectivity index (χ2v) is 10.7. The molecule has 6 aliphatic rings. The van der Waals surface area contributed by atoms with E-state index in [4.69, 9.17) is 24.9 Å². The molecule has 3 fully saturated rings. The second-order valence-electron chi connectivity index (χ2n) is 10.7. The summed E-state index contributed by atoms with van der Waals surface area (Å²) in [5, 5.41) is 36.5. The summed E-state index contributed by atoms with van der Waals surface area (Å²) in [6, 6.07) is 0. The number of hydrogen-bond donors (Lipinski definition) is 2. The molecule has 2 N–H and O–H groups in total. The van der Waals surface area contributed by atoms with E-state index < -0.39 is 17.9 Å². The minimum atomic E-state index is -1.08. The minimum Gasteiger partial charge on any atom is -0.550 e. The highest BCUT2D eigenvalue weighted by Gasteiger charge is 2.41. The van der Waals surface area contributed by atoms with Gasteiger partial charge in [-0.15, -0.1) is 0 Å². The predicted molar refractivity (Wildman–Crippen MR) is 128 cm³/mol. The van der Waals surface area contributed by atoms with Crippen LogP contribution >= 0.6 is 0 Å². The Morgan fingerprint density at radius 2 is 1.14 bits per heavy atom. The van der Waals surface area contributed by atoms with Crippen molar-refractivity contribution < 1.29 is 44.3 Å². The zero-order valence-electron chi connectivity index (χ0n) is 21.1. The molecular weight excluding hydrogens is 480 g/mol. The third-order valence-corrected chi connectivity index (χ3v) is 8.09. The summed E-state index contributed by atoms with van der Waals surface area (Å²) < 4.78 is 4.90. The highest BCUT2D eigenvalue weighted by Crippen LogP contribution is 2.45. The molecule has 0 amide bonds. The molecule has 0 aromatic rings. The van der Waals surface area contributed by atoms with Crippen LogP contribution in [0.4, 0.5) is 0 Å². The molecule has 0 saturated heterocycles. The van der Waals surface area contributed by atoms with E-state index in [1.807, 2.05) is 6.08 Å². The predicted octanol–water partition coefficient (Wildman–Crippen LogP) is 0.722. The van der Waals surface area contributed by atoms with Crippen LogP contribution in [-0.4, -0.2) is 47.3 Å². The molecular formula is C28H36O9-2. The summed E-state index contributed by atoms with van der Waals surface area (Å²) in [5.74, 6) is -0.157. The van der Waals surface area contributed by atoms with Crippen molar-refractivity contribution >= 4 is 23.9 Å². The number of aliphatic carboxylic acids is 3. The molecule has 0 radical (unpaired) electrons. The van der Waals surface area contributed by atoms with E-state index >= 15 is 0 Å². The van der Waals surface area contributed by atoms with Crippen molar-refractivity contribution in [3.63, 3.8) is 0 Å². The van der Waals surface area contributed by atoms with Crippen molar-refractivity contribution in [3.8, 4) is 0 Å². The van der Waals surface area contributed by atoms with Gasteiger partial charge >= 0.3 is 11.9 Å². The normalized spacial score (nSPS) is 36.1. The molecule has 9 unspecified atom stereocenters. The number of esters is 1. The Morgan fingerprint density at radius 1 is 0.730 bits per heavy atom. The molecule has 9 atom stereocenters. The first-order valence-electron chi connectivity index (χ1n) is 13.0. The molecule has 0 spiro atoms. The lowest BCUT2D eigenvalue weighted by Gasteiger charge is -2.18. The number of ether oxygens (including phenoxy) is 1. The van der Waals surface area contributed by atoms with Crippen molar-refractivity contribution in [2.75, 3.05) is 13.2 Å². The molecule has 0 heterocycles. The van der Waals surface area contributed by atoms with Crippen LogP contribution in [0.3, 0.4) is 0 Å². The molecule has 0 aromatic carbocycles. The summed E-state index contributed by atoms with van der Waals surface area (Å²) >= 11 is 0. The summed E-state index contributed by atoms with van der Waals surface area (Å²) in [6.45, 7) is 1.03. The number of hydrogen-bond acceptors (Lipinski definition) is 8. The van der Waals surface area contributed by atoms with Crippen LogP contribution in [0, 0.1) is 53.3 Å². The highest BCUT2D eigenvalue weighted by atomic mass is 16.5. The van der Waals surface area contributed by atoms with Crippen molar-refractivity contribution in [2.45, 2.75) is 45.4 Å². The Balaban J connectivity index is 0.000000145. The lowest BCUT2D eigenvalue weighted by molar-refractivity contribution is -0.312. The first kappa shape index (κ1) is 28.6. The molecule has 204 valence electrons. The summed E-state index contributed by atoms with van der Waals surface area (Å²) in [5.41, 5.74) is 0. The van der Waals surface area contributed by atoms with Gasteiger partial charge in [0.2, 0.25) is 0 Å². The average Bonchev–Trinajstić information content (AvgIpc) is 3.70. The summed E-state index contributed by atoms with van der Waals surface area (Å²) in [6.07, 6.45) is 18.5. The molecule has 9 heteroatoms. The van der Waals surface area contributed by atoms with Crippen LogP contribution in [0.5, 0.6) is 0 Å². The van der Waals surface area contributed by atoms with Gasteiger partial charge in [-0.2, -0.15) is 0 Å². The average molecular weight is 517 g/mol. The number of allylic oxidation sites excluding steroid dienone is 6. The SMILES string of the molecule is CC(=O)[O-].O=C(O)C1CC2C=CC1C2.O=C(OCCO)C1CC2C=CC1C2.O=C([O-])C1CC2C=CC1C2. The Morgan fingerprint density at radius 3 is 1.38 bits per heavy atom. The largest absolute Gasteiger partial charge is 0.550 e. The molecule has 3 saturated carbocycles. The number of carboxylic acid groups (broad SMARTS) is 3. The van der Waals surface area contributed by atoms with Crippen molar-refractivity contribution in [1.82, 2.24) is 0 Å². The zero-order chi connectivity index (χ0) is 27.1. The topological polar surface area (TPSA) is 164 Å². The molecule has 0 aromatic heterocycles. The van der Waals surface area contributed by atoms with Crippen LogP contribution in [0.15, 0.2) is 36.5 Å². The van der Waals surface area contributed by atoms with Gasteiger partial charge in [0.15, 0.2) is 0 Å². The van der Waals surface area contributed by atoms with Gasteiger partial charge in [-0.25, -0.2) is 0 Å². The molecule has 0 aliphatic heterocycles. The van der Waals surface area contributed by atoms with Crippen LogP contribution in [0.25, 0.3) is 0 Å². The fourth-order valence-corrected chi connectivity index (χ4v) is 6.42. The Hall–Kier alpha value is -2.94. The van der Waals surface area contributed by atoms with Crippen LogP contribution in [-0.2, 0) is 23.9 Å². The third-order valence-electron chi connectivity index (χ3n) is 8.09. The van der Waals surface area contributed by atoms with Gasteiger partial charge in [0.1, 0.15) is 6.61 Å². The number of aliphatic hydroxyl groups excluding tert-OH is 1. The number of carbonyl (C=O) groups is 4. The van der Waals surface area contributed by atoms with E-state index in [1.165, 1.54) is 0 Å². The second kappa shape index (κ2) is 13.0. The van der Waals surface area contributed by atoms with E-state index in [-0.39, 0.29) is 42.9 Å². The quantitative estimate of drug-likeness (QED) is 0.396. The van der Waals surface area contributed by atoms with Crippen molar-refractivity contribution in [1.29, 1.82) is 0 Å². The molecule has 6 bridgehead atoms. The first-order valence-corrected chi connectivity index (χ1v) is 13.0. The molecule has 9 nitrogen and oxygen atoms in total. The Bertz CT molecular complexity index is 888. The van der Waals surface area contributed by atoms with Crippen LogP contribution in [0.2, 0.25) is 0 Å². The van der Waals surface area contributed by atoms with Gasteiger partial charge in [0, 0.05) is 17.9 Å². The minimum absolute atomic E-state index is 0.0570. The molecule has 6 rings (SSSR count). The van der Waals surface area contributed by atoms with E-state index in [2.05, 4.69) is 30.4 Å². The number of carboxylic acids is 3. The van der Waals surface area contributed by atoms with E-state index in [1.54, 1.807) is 0 Å². The maximum absolute atomic E-state index is 11.4. The lowest BCUT2D eigenvalue weighted by atomic mass is 9.94. The number of rotatable bonds is 5. The van der Waals surface area contributed by atoms with Crippen LogP contribution in [0.1, 0.15) is 45.4 Å². The Labute approximate surface area is 216 Å². The standard InChI is InChI=1S/C10H14O3.2C8H10O2.C2H4O2/c11-3-4-13-10(12)9-6-7-1-2-8(9)5-7;2*9-8(10)7-4-5-1-2-6(7)3-5;1-2(3)4/h1-2,7-9,11H,3-6H2;2*1-2,5-7H,3-4H2,(H,9,10);1H3,(H,3,4)/p-2. The van der Waals surface area contributed by atoms with Crippen LogP contribution < -0.4 is 10.2 Å². The Kier molecular flexibility index (Phi) is 10.1. The van der Waals surface area contributed by atoms with E-state index in [0.29, 0.717) is 29.6 Å². The first-order chi connectivity index (χ1) is 17.6. The third kappa shape index (κ3) is 7.77. The van der Waals surface area contributed by atoms with Crippen molar-refractivity contribution in [2.24, 2.45) is 53.3 Å². The van der Waals surface area contributed by atoms with Gasteiger partial charge in [-0.05, 0) is 81.0 Å². The van der Waals surface area contributed by atoms with Gasteiger partial charge in [0.05, 0.1) is 18.4 Å². The molecule has 37 heavy (non-hydrogen) atoms. The number of aliphatic hydroxyl groups is 1. The highest BCUT2D eigenvalue weighted by molar-refractivity contribution is 5.74. The molecule has 6 aliphatic carbocycles. The smallest absolute Gasteiger partial charge is 0.309 e. The van der Waals surface area contributed by atoms with Gasteiger partial charge in [0.25, 0.3) is 0 Å². The summed E-state index contributed by atoms with van der Waals surface area (Å²) in [7, 11) is 0. The van der Waals surface area contributed by atoms with Gasteiger partial charge < -0.3 is 34.8 Å². The summed E-state index contributed by atoms with van der Waals surface area (Å²) in [4.78, 5) is 41.3. The van der Waals surface area contributed by atoms with E-state index in [9.17, 15) is 19.5 Å². The fraction of sp³-hybridized carbons (Fsp3) is 0.643. The lowest BCUT2D eigenvalue weighted by Crippen LogP contribution is -2.33. The zero-order valence-corrected chi connectivity index (χ0v) is 21.1.